The van der Waals surface area contributed by atoms with E-state index >= 15 is 0 Å². The van der Waals surface area contributed by atoms with Gasteiger partial charge in [0.2, 0.25) is 0 Å². The van der Waals surface area contributed by atoms with Crippen molar-refractivity contribution in [2.45, 2.75) is 6.92 Å². The van der Waals surface area contributed by atoms with Crippen LogP contribution in [0.2, 0.25) is 0 Å². The van der Waals surface area contributed by atoms with Gasteiger partial charge in [0.15, 0.2) is 0 Å². The molecule has 0 aliphatic rings. The fourth-order valence-electron chi connectivity index (χ4n) is 1.80. The maximum atomic E-state index is 9.09. The summed E-state index contributed by atoms with van der Waals surface area (Å²) in [6, 6.07) is 7.92. The lowest BCUT2D eigenvalue weighted by Crippen LogP contribution is -1.91. The number of ether oxygens (including phenoxy) is 1. The third kappa shape index (κ3) is 1.83. The number of nitrogens with one attached hydrogen (secondary N) is 1. The molecule has 1 aromatic heterocycles. The first kappa shape index (κ1) is 11.1. The van der Waals surface area contributed by atoms with Gasteiger partial charge in [-0.3, -0.25) is 0 Å². The van der Waals surface area contributed by atoms with Crippen molar-refractivity contribution in [2.75, 3.05) is 12.8 Å². The molecule has 0 aliphatic heterocycles. The Bertz CT molecular complexity index is 593. The molecule has 2 aromatic rings. The van der Waals surface area contributed by atoms with Gasteiger partial charge in [0, 0.05) is 17.3 Å². The predicted molar refractivity (Wildman–Crippen MR) is 66.6 cm³/mol. The molecule has 0 aliphatic carbocycles. The molecule has 0 spiro atoms. The van der Waals surface area contributed by atoms with E-state index in [0.717, 1.165) is 22.4 Å². The van der Waals surface area contributed by atoms with E-state index < -0.39 is 0 Å². The fraction of sp³-hybridized carbons (Fsp3) is 0.154. The Balaban J connectivity index is 2.68. The number of aromatic amines is 1. The summed E-state index contributed by atoms with van der Waals surface area (Å²) >= 11 is 0. The summed E-state index contributed by atoms with van der Waals surface area (Å²) in [7, 11) is 1.61. The van der Waals surface area contributed by atoms with Gasteiger partial charge in [-0.25, -0.2) is 0 Å². The van der Waals surface area contributed by atoms with Gasteiger partial charge >= 0.3 is 0 Å². The Labute approximate surface area is 99.6 Å². The highest BCUT2D eigenvalue weighted by Gasteiger charge is 2.14. The van der Waals surface area contributed by atoms with Gasteiger partial charge in [0.1, 0.15) is 23.2 Å². The third-order valence-corrected chi connectivity index (χ3v) is 2.67. The number of nitrogen functional groups attached to an aromatic ring is 1. The van der Waals surface area contributed by atoms with Crippen LogP contribution in [-0.2, 0) is 0 Å². The summed E-state index contributed by atoms with van der Waals surface area (Å²) in [4.78, 5) is 2.86. The summed E-state index contributed by atoms with van der Waals surface area (Å²) in [5, 5.41) is 9.09. The fourth-order valence-corrected chi connectivity index (χ4v) is 1.80. The molecule has 17 heavy (non-hydrogen) atoms. The number of aryl methyl sites for hydroxylation is 1. The first-order valence-electron chi connectivity index (χ1n) is 5.19. The minimum Gasteiger partial charge on any atom is -0.496 e. The van der Waals surface area contributed by atoms with Crippen molar-refractivity contribution in [1.29, 1.82) is 5.26 Å². The number of hydrogen-bond donors (Lipinski definition) is 2. The highest BCUT2D eigenvalue weighted by Crippen LogP contribution is 2.34. The number of H-pyrrole nitrogens is 1. The van der Waals surface area contributed by atoms with E-state index in [9.17, 15) is 0 Å². The maximum Gasteiger partial charge on any atom is 0.126 e. The van der Waals surface area contributed by atoms with E-state index in [1.54, 1.807) is 13.3 Å². The zero-order valence-corrected chi connectivity index (χ0v) is 9.74. The molecule has 0 fully saturated rings. The van der Waals surface area contributed by atoms with Gasteiger partial charge in [-0.05, 0) is 19.1 Å². The van der Waals surface area contributed by atoms with E-state index in [1.807, 2.05) is 25.1 Å². The number of aromatic nitrogens is 1. The number of benzene rings is 1. The van der Waals surface area contributed by atoms with Crippen molar-refractivity contribution in [2.24, 2.45) is 0 Å². The molecule has 0 saturated carbocycles. The maximum absolute atomic E-state index is 9.09. The lowest BCUT2D eigenvalue weighted by Gasteiger charge is -2.08. The van der Waals surface area contributed by atoms with E-state index in [4.69, 9.17) is 15.7 Å². The van der Waals surface area contributed by atoms with Gasteiger partial charge in [0.05, 0.1) is 7.11 Å². The average molecular weight is 227 g/mol. The summed E-state index contributed by atoms with van der Waals surface area (Å²) in [5.41, 5.74) is 8.90. The lowest BCUT2D eigenvalue weighted by molar-refractivity contribution is 0.416. The molecule has 0 atom stereocenters. The summed E-state index contributed by atoms with van der Waals surface area (Å²) in [6.07, 6.45) is 1.73. The number of nitrogens with two attached hydrogens (primary N) is 1. The van der Waals surface area contributed by atoms with Crippen LogP contribution in [-0.4, -0.2) is 12.1 Å². The molecule has 0 bridgehead atoms. The van der Waals surface area contributed by atoms with Crippen molar-refractivity contribution in [1.82, 2.24) is 4.98 Å². The van der Waals surface area contributed by atoms with Crippen LogP contribution in [0.4, 0.5) is 5.82 Å². The number of anilines is 1. The van der Waals surface area contributed by atoms with E-state index in [0.29, 0.717) is 11.4 Å². The van der Waals surface area contributed by atoms with Gasteiger partial charge in [-0.15, -0.1) is 0 Å². The molecule has 3 N–H and O–H groups in total. The largest absolute Gasteiger partial charge is 0.496 e. The monoisotopic (exact) mass is 227 g/mol. The molecule has 0 saturated heterocycles. The molecule has 1 aromatic carbocycles. The molecular formula is C13H13N3O. The number of nitrogens with zero attached hydrogens (tertiary/aromatic N) is 1. The van der Waals surface area contributed by atoms with Crippen molar-refractivity contribution in [3.8, 4) is 22.9 Å². The van der Waals surface area contributed by atoms with Crippen LogP contribution in [0.25, 0.3) is 11.1 Å². The highest BCUT2D eigenvalue weighted by atomic mass is 16.5. The van der Waals surface area contributed by atoms with Crippen LogP contribution in [0.3, 0.4) is 0 Å². The third-order valence-electron chi connectivity index (χ3n) is 2.67. The molecule has 4 nitrogen and oxygen atoms in total. The zero-order valence-electron chi connectivity index (χ0n) is 9.74. The molecule has 86 valence electrons. The van der Waals surface area contributed by atoms with Gasteiger partial charge < -0.3 is 15.5 Å². The molecule has 2 rings (SSSR count). The highest BCUT2D eigenvalue weighted by molar-refractivity contribution is 5.80. The second kappa shape index (κ2) is 4.22. The molecule has 4 heteroatoms. The number of rotatable bonds is 2. The van der Waals surface area contributed by atoms with Crippen LogP contribution < -0.4 is 10.5 Å². The van der Waals surface area contributed by atoms with Crippen molar-refractivity contribution >= 4 is 5.82 Å². The summed E-state index contributed by atoms with van der Waals surface area (Å²) in [6.45, 7) is 1.99. The zero-order chi connectivity index (χ0) is 12.4. The van der Waals surface area contributed by atoms with Crippen LogP contribution in [0.15, 0.2) is 24.4 Å². The molecule has 1 heterocycles. The number of hydrogen-bond acceptors (Lipinski definition) is 3. The minimum absolute atomic E-state index is 0.381. The molecular weight excluding hydrogens is 214 g/mol. The Hall–Kier alpha value is -2.41. The van der Waals surface area contributed by atoms with Crippen LogP contribution in [0, 0.1) is 18.3 Å². The number of nitriles is 1. The van der Waals surface area contributed by atoms with E-state index in [2.05, 4.69) is 11.1 Å². The minimum atomic E-state index is 0.381. The standard InChI is InChI=1S/C13H13N3O/c1-8-3-4-12(17-2)9(5-8)11-7-16-13(15)10(11)6-14/h3-5,7,16H,15H2,1-2H3. The summed E-state index contributed by atoms with van der Waals surface area (Å²) < 4.78 is 5.30. The smallest absolute Gasteiger partial charge is 0.126 e. The van der Waals surface area contributed by atoms with E-state index in [-0.39, 0.29) is 0 Å². The molecule has 0 amide bonds. The average Bonchev–Trinajstić information content (AvgIpc) is 2.70. The second-order valence-electron chi connectivity index (χ2n) is 3.81. The van der Waals surface area contributed by atoms with Crippen LogP contribution in [0.5, 0.6) is 5.75 Å². The molecule has 0 unspecified atom stereocenters. The Morgan fingerprint density at radius 1 is 1.35 bits per heavy atom. The van der Waals surface area contributed by atoms with Crippen LogP contribution in [0.1, 0.15) is 11.1 Å². The normalized spacial score (nSPS) is 9.94. The SMILES string of the molecule is COc1ccc(C)cc1-c1c[nH]c(N)c1C#N. The predicted octanol–water partition coefficient (Wildman–Crippen LogP) is 2.45. The van der Waals surface area contributed by atoms with Gasteiger partial charge in [-0.1, -0.05) is 11.6 Å². The van der Waals surface area contributed by atoms with Gasteiger partial charge in [-0.2, -0.15) is 5.26 Å². The number of methoxy groups -OCH3 is 1. The van der Waals surface area contributed by atoms with Crippen LogP contribution >= 0.6 is 0 Å². The molecule has 0 radical (unpaired) electrons. The first-order chi connectivity index (χ1) is 8.17. The Kier molecular flexibility index (Phi) is 2.75. The van der Waals surface area contributed by atoms with E-state index in [1.165, 1.54) is 0 Å². The lowest BCUT2D eigenvalue weighted by atomic mass is 10.0. The second-order valence-corrected chi connectivity index (χ2v) is 3.81. The topological polar surface area (TPSA) is 74.8 Å². The quantitative estimate of drug-likeness (QED) is 0.827. The van der Waals surface area contributed by atoms with Crippen molar-refractivity contribution in [3.05, 3.63) is 35.5 Å². The first-order valence-corrected chi connectivity index (χ1v) is 5.19. The Morgan fingerprint density at radius 3 is 2.76 bits per heavy atom. The summed E-state index contributed by atoms with van der Waals surface area (Å²) in [5.74, 6) is 1.11. The van der Waals surface area contributed by atoms with Crippen molar-refractivity contribution < 1.29 is 4.74 Å². The van der Waals surface area contributed by atoms with Gasteiger partial charge in [0.25, 0.3) is 0 Å². The Morgan fingerprint density at radius 2 is 2.12 bits per heavy atom. The van der Waals surface area contributed by atoms with Crippen molar-refractivity contribution in [3.63, 3.8) is 0 Å².